The minimum absolute atomic E-state index is 0.478. The number of nitrogens with two attached hydrogens (primary N) is 1. The van der Waals surface area contributed by atoms with Crippen molar-refractivity contribution in [1.29, 1.82) is 0 Å². The lowest BCUT2D eigenvalue weighted by molar-refractivity contribution is 0.0928. The minimum atomic E-state index is 0.478. The van der Waals surface area contributed by atoms with Crippen LogP contribution in [0.1, 0.15) is 57.8 Å². The largest absolute Gasteiger partial charge is 0.393 e. The van der Waals surface area contributed by atoms with E-state index in [1.54, 1.807) is 0 Å². The van der Waals surface area contributed by atoms with Crippen LogP contribution in [0.15, 0.2) is 0 Å². The summed E-state index contributed by atoms with van der Waals surface area (Å²) in [5.74, 6) is 0. The SMILES string of the molecule is NC(=S)CC1(CN2CCC3(CCCC3)CC2)CC1. The van der Waals surface area contributed by atoms with Gasteiger partial charge in [-0.25, -0.2) is 0 Å². The molecule has 3 aliphatic rings. The molecule has 3 fully saturated rings. The molecule has 1 heterocycles. The van der Waals surface area contributed by atoms with Crippen LogP contribution in [0.25, 0.3) is 0 Å². The van der Waals surface area contributed by atoms with E-state index in [4.69, 9.17) is 18.0 Å². The summed E-state index contributed by atoms with van der Waals surface area (Å²) in [6.45, 7) is 3.89. The van der Waals surface area contributed by atoms with E-state index in [0.29, 0.717) is 5.41 Å². The summed E-state index contributed by atoms with van der Waals surface area (Å²) in [6.07, 6.45) is 12.5. The van der Waals surface area contributed by atoms with Crippen molar-refractivity contribution in [3.63, 3.8) is 0 Å². The summed E-state index contributed by atoms with van der Waals surface area (Å²) in [7, 11) is 0. The van der Waals surface area contributed by atoms with Crippen LogP contribution in [-0.2, 0) is 0 Å². The van der Waals surface area contributed by atoms with E-state index in [2.05, 4.69) is 4.90 Å². The summed E-state index contributed by atoms with van der Waals surface area (Å²) in [5.41, 5.74) is 6.96. The molecule has 102 valence electrons. The molecule has 0 aromatic rings. The Kier molecular flexibility index (Phi) is 3.39. The van der Waals surface area contributed by atoms with Crippen molar-refractivity contribution in [2.24, 2.45) is 16.6 Å². The lowest BCUT2D eigenvalue weighted by Gasteiger charge is -2.40. The molecule has 2 N–H and O–H groups in total. The van der Waals surface area contributed by atoms with Gasteiger partial charge in [-0.1, -0.05) is 25.1 Å². The van der Waals surface area contributed by atoms with Crippen LogP contribution >= 0.6 is 12.2 Å². The zero-order valence-corrected chi connectivity index (χ0v) is 12.2. The van der Waals surface area contributed by atoms with Crippen molar-refractivity contribution >= 4 is 17.2 Å². The van der Waals surface area contributed by atoms with Gasteiger partial charge >= 0.3 is 0 Å². The highest BCUT2D eigenvalue weighted by Gasteiger charge is 2.45. The summed E-state index contributed by atoms with van der Waals surface area (Å²) in [4.78, 5) is 3.41. The summed E-state index contributed by atoms with van der Waals surface area (Å²) < 4.78 is 0. The quantitative estimate of drug-likeness (QED) is 0.793. The van der Waals surface area contributed by atoms with Gasteiger partial charge in [-0.05, 0) is 62.4 Å². The number of likely N-dealkylation sites (tertiary alicyclic amines) is 1. The molecule has 2 saturated carbocycles. The highest BCUT2D eigenvalue weighted by Crippen LogP contribution is 2.51. The molecule has 2 nitrogen and oxygen atoms in total. The average molecular weight is 266 g/mol. The molecular weight excluding hydrogens is 240 g/mol. The maximum atomic E-state index is 5.73. The van der Waals surface area contributed by atoms with Gasteiger partial charge in [-0.2, -0.15) is 0 Å². The third kappa shape index (κ3) is 2.72. The average Bonchev–Trinajstić information content (AvgIpc) is 2.91. The topological polar surface area (TPSA) is 29.3 Å². The Morgan fingerprint density at radius 1 is 1.00 bits per heavy atom. The first-order valence-corrected chi connectivity index (χ1v) is 8.03. The molecule has 0 aromatic heterocycles. The Balaban J connectivity index is 1.50. The number of rotatable bonds is 4. The Labute approximate surface area is 116 Å². The zero-order valence-electron chi connectivity index (χ0n) is 11.4. The fourth-order valence-corrected chi connectivity index (χ4v) is 4.53. The van der Waals surface area contributed by atoms with Crippen molar-refractivity contribution in [1.82, 2.24) is 4.90 Å². The van der Waals surface area contributed by atoms with Crippen LogP contribution in [0.4, 0.5) is 0 Å². The van der Waals surface area contributed by atoms with Gasteiger partial charge in [0.15, 0.2) is 0 Å². The molecule has 1 aliphatic heterocycles. The van der Waals surface area contributed by atoms with Gasteiger partial charge < -0.3 is 10.6 Å². The van der Waals surface area contributed by atoms with Gasteiger partial charge in [0.2, 0.25) is 0 Å². The molecule has 1 saturated heterocycles. The standard InChI is InChI=1S/C15H26N2S/c16-13(18)11-15(5-6-15)12-17-9-7-14(8-10-17)3-1-2-4-14/h1-12H2,(H2,16,18). The normalized spacial score (nSPS) is 29.6. The van der Waals surface area contributed by atoms with E-state index in [1.165, 1.54) is 71.0 Å². The Morgan fingerprint density at radius 2 is 1.61 bits per heavy atom. The summed E-state index contributed by atoms with van der Waals surface area (Å²) in [5, 5.41) is 0. The molecule has 0 amide bonds. The van der Waals surface area contributed by atoms with Crippen LogP contribution < -0.4 is 5.73 Å². The third-order valence-corrected chi connectivity index (χ3v) is 5.79. The van der Waals surface area contributed by atoms with Crippen molar-refractivity contribution in [2.45, 2.75) is 57.8 Å². The van der Waals surface area contributed by atoms with Crippen molar-refractivity contribution in [2.75, 3.05) is 19.6 Å². The molecule has 0 aromatic carbocycles. The Bertz CT molecular complexity index is 319. The first kappa shape index (κ1) is 12.9. The van der Waals surface area contributed by atoms with Gasteiger partial charge in [0.05, 0.1) is 4.99 Å². The maximum absolute atomic E-state index is 5.73. The van der Waals surface area contributed by atoms with Crippen molar-refractivity contribution < 1.29 is 0 Å². The van der Waals surface area contributed by atoms with Gasteiger partial charge in [-0.3, -0.25) is 0 Å². The Morgan fingerprint density at radius 3 is 2.11 bits per heavy atom. The summed E-state index contributed by atoms with van der Waals surface area (Å²) in [6, 6.07) is 0. The van der Waals surface area contributed by atoms with E-state index in [0.717, 1.165) is 16.8 Å². The van der Waals surface area contributed by atoms with Gasteiger partial charge in [0.25, 0.3) is 0 Å². The second-order valence-corrected chi connectivity index (χ2v) is 7.65. The number of hydrogen-bond acceptors (Lipinski definition) is 2. The second kappa shape index (κ2) is 4.75. The number of nitrogens with zero attached hydrogens (tertiary/aromatic N) is 1. The van der Waals surface area contributed by atoms with E-state index < -0.39 is 0 Å². The zero-order chi connectivity index (χ0) is 12.6. The highest BCUT2D eigenvalue weighted by atomic mass is 32.1. The first-order chi connectivity index (χ1) is 8.62. The van der Waals surface area contributed by atoms with Crippen molar-refractivity contribution in [3.8, 4) is 0 Å². The lowest BCUT2D eigenvalue weighted by atomic mass is 9.77. The molecule has 3 heteroatoms. The van der Waals surface area contributed by atoms with Crippen LogP contribution in [0.2, 0.25) is 0 Å². The molecule has 0 unspecified atom stereocenters. The first-order valence-electron chi connectivity index (χ1n) is 7.62. The third-order valence-electron chi connectivity index (χ3n) is 5.65. The van der Waals surface area contributed by atoms with Crippen LogP contribution in [0.3, 0.4) is 0 Å². The van der Waals surface area contributed by atoms with E-state index in [-0.39, 0.29) is 0 Å². The van der Waals surface area contributed by atoms with Gasteiger partial charge in [0, 0.05) is 13.0 Å². The Hall–Kier alpha value is -0.150. The molecule has 0 atom stereocenters. The number of hydrogen-bond donors (Lipinski definition) is 1. The summed E-state index contributed by atoms with van der Waals surface area (Å²) >= 11 is 5.09. The van der Waals surface area contributed by atoms with E-state index in [9.17, 15) is 0 Å². The van der Waals surface area contributed by atoms with Crippen LogP contribution in [0, 0.1) is 10.8 Å². The van der Waals surface area contributed by atoms with Crippen LogP contribution in [-0.4, -0.2) is 29.5 Å². The number of thiocarbonyl (C=S) groups is 1. The monoisotopic (exact) mass is 266 g/mol. The molecule has 0 radical (unpaired) electrons. The lowest BCUT2D eigenvalue weighted by Crippen LogP contribution is -2.42. The highest BCUT2D eigenvalue weighted by molar-refractivity contribution is 7.80. The van der Waals surface area contributed by atoms with E-state index >= 15 is 0 Å². The maximum Gasteiger partial charge on any atom is 0.0733 e. The van der Waals surface area contributed by atoms with E-state index in [1.807, 2.05) is 0 Å². The molecular formula is C15H26N2S. The second-order valence-electron chi connectivity index (χ2n) is 7.13. The fourth-order valence-electron chi connectivity index (χ4n) is 4.22. The molecule has 1 spiro atoms. The number of piperidine rings is 1. The fraction of sp³-hybridized carbons (Fsp3) is 0.933. The smallest absolute Gasteiger partial charge is 0.0733 e. The molecule has 2 aliphatic carbocycles. The van der Waals surface area contributed by atoms with Gasteiger partial charge in [0.1, 0.15) is 0 Å². The van der Waals surface area contributed by atoms with Crippen molar-refractivity contribution in [3.05, 3.63) is 0 Å². The predicted molar refractivity (Wildman–Crippen MR) is 79.6 cm³/mol. The molecule has 18 heavy (non-hydrogen) atoms. The molecule has 0 bridgehead atoms. The predicted octanol–water partition coefficient (Wildman–Crippen LogP) is 3.10. The van der Waals surface area contributed by atoms with Crippen LogP contribution in [0.5, 0.6) is 0 Å². The van der Waals surface area contributed by atoms with Gasteiger partial charge in [-0.15, -0.1) is 0 Å². The minimum Gasteiger partial charge on any atom is -0.393 e. The molecule has 3 rings (SSSR count).